The molecule has 0 radical (unpaired) electrons. The van der Waals surface area contributed by atoms with Crippen molar-refractivity contribution < 1.29 is 0 Å². The fourth-order valence-electron chi connectivity index (χ4n) is 4.17. The van der Waals surface area contributed by atoms with Crippen LogP contribution in [0, 0.1) is 17.8 Å². The molecule has 0 heterocycles. The molecule has 0 amide bonds. The molecule has 0 spiro atoms. The van der Waals surface area contributed by atoms with Gasteiger partial charge in [-0.05, 0) is 30.6 Å². The summed E-state index contributed by atoms with van der Waals surface area (Å²) < 4.78 is 0. The van der Waals surface area contributed by atoms with Gasteiger partial charge in [0.2, 0.25) is 0 Å². The van der Waals surface area contributed by atoms with Crippen molar-refractivity contribution in [2.45, 2.75) is 97.3 Å². The van der Waals surface area contributed by atoms with Gasteiger partial charge in [0.25, 0.3) is 0 Å². The maximum Gasteiger partial charge on any atom is -0.0322 e. The lowest BCUT2D eigenvalue weighted by atomic mass is 9.78. The predicted molar refractivity (Wildman–Crippen MR) is 92.0 cm³/mol. The molecule has 1 fully saturated rings. The summed E-state index contributed by atoms with van der Waals surface area (Å²) in [6.07, 6.45) is 20.9. The molecule has 0 aromatic rings. The van der Waals surface area contributed by atoms with E-state index in [4.69, 9.17) is 0 Å². The van der Waals surface area contributed by atoms with Gasteiger partial charge in [0.15, 0.2) is 0 Å². The van der Waals surface area contributed by atoms with Crippen molar-refractivity contribution in [3.05, 3.63) is 12.7 Å². The highest BCUT2D eigenvalue weighted by molar-refractivity contribution is 4.78. The Hall–Kier alpha value is -0.260. The monoisotopic (exact) mass is 278 g/mol. The highest BCUT2D eigenvalue weighted by Crippen LogP contribution is 2.33. The van der Waals surface area contributed by atoms with Crippen LogP contribution in [-0.2, 0) is 0 Å². The predicted octanol–water partition coefficient (Wildman–Crippen LogP) is 7.15. The minimum atomic E-state index is 0.890. The zero-order valence-corrected chi connectivity index (χ0v) is 14.2. The number of allylic oxidation sites excluding steroid dienone is 1. The van der Waals surface area contributed by atoms with Crippen LogP contribution in [-0.4, -0.2) is 0 Å². The zero-order chi connectivity index (χ0) is 14.6. The van der Waals surface area contributed by atoms with E-state index in [-0.39, 0.29) is 0 Å². The molecule has 2 unspecified atom stereocenters. The Balaban J connectivity index is 2.40. The summed E-state index contributed by atoms with van der Waals surface area (Å²) in [5.74, 6) is 2.88. The van der Waals surface area contributed by atoms with Gasteiger partial charge in [-0.2, -0.15) is 0 Å². The van der Waals surface area contributed by atoms with Gasteiger partial charge in [-0.15, -0.1) is 6.58 Å². The highest BCUT2D eigenvalue weighted by atomic mass is 14.3. The molecule has 0 aliphatic heterocycles. The fourth-order valence-corrected chi connectivity index (χ4v) is 4.17. The molecule has 0 saturated heterocycles. The molecule has 1 aliphatic rings. The number of rotatable bonds is 9. The first kappa shape index (κ1) is 17.8. The highest BCUT2D eigenvalue weighted by Gasteiger charge is 2.20. The van der Waals surface area contributed by atoms with Crippen LogP contribution in [0.3, 0.4) is 0 Å². The average molecular weight is 279 g/mol. The maximum absolute atomic E-state index is 3.96. The number of hydrogen-bond acceptors (Lipinski definition) is 0. The fraction of sp³-hybridized carbons (Fsp3) is 0.900. The number of hydrogen-bond donors (Lipinski definition) is 0. The van der Waals surface area contributed by atoms with Gasteiger partial charge >= 0.3 is 0 Å². The van der Waals surface area contributed by atoms with Crippen LogP contribution < -0.4 is 0 Å². The van der Waals surface area contributed by atoms with Crippen molar-refractivity contribution in [1.29, 1.82) is 0 Å². The van der Waals surface area contributed by atoms with Crippen LogP contribution in [0.15, 0.2) is 12.7 Å². The van der Waals surface area contributed by atoms with E-state index in [1.54, 1.807) is 0 Å². The molecular formula is C20H38. The van der Waals surface area contributed by atoms with E-state index in [1.807, 2.05) is 0 Å². The second-order valence-corrected chi connectivity index (χ2v) is 7.03. The molecule has 1 saturated carbocycles. The Labute approximate surface area is 128 Å². The van der Waals surface area contributed by atoms with E-state index in [0.29, 0.717) is 0 Å². The van der Waals surface area contributed by atoms with Crippen LogP contribution in [0.2, 0.25) is 0 Å². The smallest absolute Gasteiger partial charge is 0.0322 e. The molecule has 0 N–H and O–H groups in total. The minimum absolute atomic E-state index is 0.890. The Morgan fingerprint density at radius 2 is 1.60 bits per heavy atom. The van der Waals surface area contributed by atoms with Crippen molar-refractivity contribution in [3.63, 3.8) is 0 Å². The summed E-state index contributed by atoms with van der Waals surface area (Å²) in [6.45, 7) is 8.68. The molecule has 2 atom stereocenters. The van der Waals surface area contributed by atoms with Crippen LogP contribution >= 0.6 is 0 Å². The largest absolute Gasteiger partial charge is 0.103 e. The Morgan fingerprint density at radius 3 is 2.15 bits per heavy atom. The zero-order valence-electron chi connectivity index (χ0n) is 14.2. The first-order valence-electron chi connectivity index (χ1n) is 9.42. The van der Waals surface area contributed by atoms with Crippen LogP contribution in [0.5, 0.6) is 0 Å². The van der Waals surface area contributed by atoms with Gasteiger partial charge < -0.3 is 0 Å². The Morgan fingerprint density at radius 1 is 0.950 bits per heavy atom. The van der Waals surface area contributed by atoms with E-state index in [2.05, 4.69) is 26.5 Å². The van der Waals surface area contributed by atoms with E-state index in [9.17, 15) is 0 Å². The Bertz CT molecular complexity index is 222. The van der Waals surface area contributed by atoms with Gasteiger partial charge in [0.1, 0.15) is 0 Å². The van der Waals surface area contributed by atoms with Crippen molar-refractivity contribution >= 4 is 0 Å². The van der Waals surface area contributed by atoms with E-state index < -0.39 is 0 Å². The normalized spacial score (nSPS) is 20.9. The van der Waals surface area contributed by atoms with Crippen molar-refractivity contribution in [1.82, 2.24) is 0 Å². The molecule has 1 rings (SSSR count). The molecule has 1 aliphatic carbocycles. The molecule has 118 valence electrons. The lowest BCUT2D eigenvalue weighted by molar-refractivity contribution is 0.248. The molecular weight excluding hydrogens is 240 g/mol. The second-order valence-electron chi connectivity index (χ2n) is 7.03. The van der Waals surface area contributed by atoms with Gasteiger partial charge in [0.05, 0.1) is 0 Å². The van der Waals surface area contributed by atoms with Crippen LogP contribution in [0.25, 0.3) is 0 Å². The van der Waals surface area contributed by atoms with Crippen molar-refractivity contribution in [2.24, 2.45) is 17.8 Å². The van der Waals surface area contributed by atoms with Crippen LogP contribution in [0.4, 0.5) is 0 Å². The lowest BCUT2D eigenvalue weighted by Crippen LogP contribution is -2.16. The third-order valence-electron chi connectivity index (χ3n) is 5.49. The summed E-state index contributed by atoms with van der Waals surface area (Å²) in [7, 11) is 0. The summed E-state index contributed by atoms with van der Waals surface area (Å²) in [4.78, 5) is 0. The average Bonchev–Trinajstić information content (AvgIpc) is 2.42. The van der Waals surface area contributed by atoms with E-state index in [1.165, 1.54) is 83.5 Å². The topological polar surface area (TPSA) is 0 Å². The first-order valence-corrected chi connectivity index (χ1v) is 9.42. The van der Waals surface area contributed by atoms with Gasteiger partial charge in [-0.1, -0.05) is 90.6 Å². The maximum atomic E-state index is 3.96. The first-order chi connectivity index (χ1) is 9.81. The Kier molecular flexibility index (Phi) is 10.1. The van der Waals surface area contributed by atoms with E-state index in [0.717, 1.165) is 17.8 Å². The molecule has 0 bridgehead atoms. The van der Waals surface area contributed by atoms with E-state index >= 15 is 0 Å². The van der Waals surface area contributed by atoms with Crippen LogP contribution in [0.1, 0.15) is 97.3 Å². The van der Waals surface area contributed by atoms with Crippen molar-refractivity contribution in [3.8, 4) is 0 Å². The summed E-state index contributed by atoms with van der Waals surface area (Å²) >= 11 is 0. The SMILES string of the molecule is C=CCC(CC)C(CCC)CCC1CCCCCCC1. The summed E-state index contributed by atoms with van der Waals surface area (Å²) in [5, 5.41) is 0. The molecule has 0 heteroatoms. The lowest BCUT2D eigenvalue weighted by Gasteiger charge is -2.28. The summed E-state index contributed by atoms with van der Waals surface area (Å²) in [6, 6.07) is 0. The molecule has 0 aromatic heterocycles. The third-order valence-corrected chi connectivity index (χ3v) is 5.49. The molecule has 20 heavy (non-hydrogen) atoms. The van der Waals surface area contributed by atoms with Gasteiger partial charge in [0, 0.05) is 0 Å². The van der Waals surface area contributed by atoms with Gasteiger partial charge in [-0.3, -0.25) is 0 Å². The molecule has 0 nitrogen and oxygen atoms in total. The molecule has 0 aromatic carbocycles. The minimum Gasteiger partial charge on any atom is -0.103 e. The third kappa shape index (κ3) is 6.95. The van der Waals surface area contributed by atoms with Gasteiger partial charge in [-0.25, -0.2) is 0 Å². The second kappa shape index (κ2) is 11.4. The quantitative estimate of drug-likeness (QED) is 0.393. The summed E-state index contributed by atoms with van der Waals surface area (Å²) in [5.41, 5.74) is 0. The standard InChI is InChI=1S/C20H38/c1-4-12-19(6-3)20(13-5-2)17-16-18-14-10-8-7-9-11-15-18/h4,18-20H,1,5-17H2,2-3H3. The van der Waals surface area contributed by atoms with Crippen molar-refractivity contribution in [2.75, 3.05) is 0 Å².